The molecule has 1 aromatic carbocycles. The molecule has 0 saturated carbocycles. The van der Waals surface area contributed by atoms with Crippen molar-refractivity contribution < 1.29 is 0 Å². The number of benzene rings is 1. The maximum absolute atomic E-state index is 6.06. The van der Waals surface area contributed by atoms with Gasteiger partial charge >= 0.3 is 0 Å². The van der Waals surface area contributed by atoms with Crippen LogP contribution in [0.4, 0.5) is 0 Å². The van der Waals surface area contributed by atoms with Crippen molar-refractivity contribution in [1.82, 2.24) is 15.1 Å². The van der Waals surface area contributed by atoms with Crippen LogP contribution in [0.5, 0.6) is 0 Å². The zero-order valence-corrected chi connectivity index (χ0v) is 12.2. The summed E-state index contributed by atoms with van der Waals surface area (Å²) >= 11 is 6.06. The van der Waals surface area contributed by atoms with Crippen molar-refractivity contribution in [3.63, 3.8) is 0 Å². The molecule has 0 aliphatic carbocycles. The summed E-state index contributed by atoms with van der Waals surface area (Å²) in [6, 6.07) is 10.7. The number of hydrogen-bond donors (Lipinski definition) is 1. The van der Waals surface area contributed by atoms with Gasteiger partial charge in [0.15, 0.2) is 0 Å². The Morgan fingerprint density at radius 3 is 2.63 bits per heavy atom. The van der Waals surface area contributed by atoms with Gasteiger partial charge in [0, 0.05) is 0 Å². The van der Waals surface area contributed by atoms with E-state index >= 15 is 0 Å². The molecule has 0 amide bonds. The van der Waals surface area contributed by atoms with Gasteiger partial charge in [0.1, 0.15) is 0 Å². The number of nitrogens with one attached hydrogen (secondary N) is 1. The van der Waals surface area contributed by atoms with Crippen LogP contribution < -0.4 is 5.32 Å². The van der Waals surface area contributed by atoms with E-state index in [-0.39, 0.29) is 6.04 Å². The Hall–Kier alpha value is -1.32. The van der Waals surface area contributed by atoms with E-state index in [0.29, 0.717) is 0 Å². The first-order chi connectivity index (χ1) is 9.22. The highest BCUT2D eigenvalue weighted by molar-refractivity contribution is 6.31. The quantitative estimate of drug-likeness (QED) is 0.875. The molecule has 0 saturated heterocycles. The van der Waals surface area contributed by atoms with Crippen LogP contribution in [-0.4, -0.2) is 16.3 Å². The van der Waals surface area contributed by atoms with E-state index in [0.717, 1.165) is 30.2 Å². The third-order valence-corrected chi connectivity index (χ3v) is 3.61. The van der Waals surface area contributed by atoms with Gasteiger partial charge in [-0.15, -0.1) is 0 Å². The van der Waals surface area contributed by atoms with Crippen molar-refractivity contribution in [3.05, 3.63) is 52.8 Å². The fourth-order valence-electron chi connectivity index (χ4n) is 2.07. The zero-order chi connectivity index (χ0) is 13.7. The molecule has 0 aliphatic rings. The summed E-state index contributed by atoms with van der Waals surface area (Å²) < 4.78 is 1.96. The molecule has 1 N–H and O–H groups in total. The molecular formula is C15H20ClN3. The highest BCUT2D eigenvalue weighted by Gasteiger charge is 2.13. The zero-order valence-electron chi connectivity index (χ0n) is 11.4. The molecule has 0 aliphatic heterocycles. The van der Waals surface area contributed by atoms with Crippen LogP contribution in [0.15, 0.2) is 36.5 Å². The maximum atomic E-state index is 6.06. The Morgan fingerprint density at radius 2 is 2.05 bits per heavy atom. The lowest BCUT2D eigenvalue weighted by Gasteiger charge is -2.20. The van der Waals surface area contributed by atoms with Crippen LogP contribution in [0.3, 0.4) is 0 Å². The Kier molecular flexibility index (Phi) is 5.00. The Morgan fingerprint density at radius 1 is 1.32 bits per heavy atom. The fourth-order valence-corrected chi connectivity index (χ4v) is 2.21. The summed E-state index contributed by atoms with van der Waals surface area (Å²) in [5.41, 5.74) is 2.29. The predicted molar refractivity (Wildman–Crippen MR) is 79.5 cm³/mol. The topological polar surface area (TPSA) is 29.9 Å². The molecule has 1 atom stereocenters. The smallest absolute Gasteiger partial charge is 0.0814 e. The van der Waals surface area contributed by atoms with Crippen LogP contribution in [0.2, 0.25) is 5.02 Å². The summed E-state index contributed by atoms with van der Waals surface area (Å²) in [6.07, 6.45) is 2.82. The summed E-state index contributed by atoms with van der Waals surface area (Å²) in [5.74, 6) is 0. The number of halogens is 1. The van der Waals surface area contributed by atoms with Crippen molar-refractivity contribution >= 4 is 11.6 Å². The maximum Gasteiger partial charge on any atom is 0.0814 e. The molecular weight excluding hydrogens is 258 g/mol. The van der Waals surface area contributed by atoms with Gasteiger partial charge in [0.25, 0.3) is 0 Å². The minimum Gasteiger partial charge on any atom is -0.308 e. The average Bonchev–Trinajstić information content (AvgIpc) is 2.76. The molecule has 0 spiro atoms. The van der Waals surface area contributed by atoms with Crippen LogP contribution in [-0.2, 0) is 6.54 Å². The molecule has 2 aromatic rings. The van der Waals surface area contributed by atoms with Crippen molar-refractivity contribution in [2.24, 2.45) is 0 Å². The second-order valence-corrected chi connectivity index (χ2v) is 5.08. The van der Waals surface area contributed by atoms with Crippen molar-refractivity contribution in [1.29, 1.82) is 0 Å². The number of aromatic nitrogens is 2. The molecule has 102 valence electrons. The second kappa shape index (κ2) is 6.73. The highest BCUT2D eigenvalue weighted by atomic mass is 35.5. The van der Waals surface area contributed by atoms with Crippen molar-refractivity contribution in [2.75, 3.05) is 6.54 Å². The van der Waals surface area contributed by atoms with Gasteiger partial charge in [-0.1, -0.05) is 48.9 Å². The molecule has 0 fully saturated rings. The number of rotatable bonds is 6. The molecule has 0 radical (unpaired) electrons. The molecule has 0 bridgehead atoms. The molecule has 1 heterocycles. The van der Waals surface area contributed by atoms with E-state index in [2.05, 4.69) is 41.6 Å². The van der Waals surface area contributed by atoms with Crippen LogP contribution in [0.1, 0.15) is 30.6 Å². The lowest BCUT2D eigenvalue weighted by Crippen LogP contribution is -2.27. The Labute approximate surface area is 119 Å². The average molecular weight is 278 g/mol. The Balaban J connectivity index is 2.16. The monoisotopic (exact) mass is 277 g/mol. The van der Waals surface area contributed by atoms with E-state index in [1.807, 2.05) is 17.7 Å². The van der Waals surface area contributed by atoms with E-state index < -0.39 is 0 Å². The number of hydrogen-bond acceptors (Lipinski definition) is 2. The summed E-state index contributed by atoms with van der Waals surface area (Å²) in [6.45, 7) is 5.96. The lowest BCUT2D eigenvalue weighted by atomic mass is 10.1. The van der Waals surface area contributed by atoms with Crippen LogP contribution in [0.25, 0.3) is 0 Å². The van der Waals surface area contributed by atoms with Gasteiger partial charge in [0.05, 0.1) is 29.5 Å². The molecule has 1 unspecified atom stereocenters. The predicted octanol–water partition coefficient (Wildman–Crippen LogP) is 3.59. The van der Waals surface area contributed by atoms with Gasteiger partial charge in [0.2, 0.25) is 0 Å². The van der Waals surface area contributed by atoms with Gasteiger partial charge in [-0.05, 0) is 25.5 Å². The summed E-state index contributed by atoms with van der Waals surface area (Å²) in [4.78, 5) is 0. The SMILES string of the molecule is CCCNC(Cn1ncc(Cl)c1C)c1ccccc1. The minimum absolute atomic E-state index is 0.260. The van der Waals surface area contributed by atoms with Gasteiger partial charge in [-0.25, -0.2) is 0 Å². The second-order valence-electron chi connectivity index (χ2n) is 4.68. The summed E-state index contributed by atoms with van der Waals surface area (Å²) in [7, 11) is 0. The summed E-state index contributed by atoms with van der Waals surface area (Å²) in [5, 5.41) is 8.62. The van der Waals surface area contributed by atoms with Crippen molar-refractivity contribution in [3.8, 4) is 0 Å². The standard InChI is InChI=1S/C15H20ClN3/c1-3-9-17-15(13-7-5-4-6-8-13)11-19-12(2)14(16)10-18-19/h4-8,10,15,17H,3,9,11H2,1-2H3. The molecule has 4 heteroatoms. The Bertz CT molecular complexity index is 507. The number of nitrogens with zero attached hydrogens (tertiary/aromatic N) is 2. The van der Waals surface area contributed by atoms with Crippen molar-refractivity contribution in [2.45, 2.75) is 32.9 Å². The molecule has 19 heavy (non-hydrogen) atoms. The first-order valence-electron chi connectivity index (χ1n) is 6.68. The minimum atomic E-state index is 0.260. The normalized spacial score (nSPS) is 12.6. The first-order valence-corrected chi connectivity index (χ1v) is 7.06. The first kappa shape index (κ1) is 14.1. The third-order valence-electron chi connectivity index (χ3n) is 3.24. The van der Waals surface area contributed by atoms with E-state index in [1.165, 1.54) is 5.56 Å². The van der Waals surface area contributed by atoms with E-state index in [4.69, 9.17) is 11.6 Å². The van der Waals surface area contributed by atoms with Gasteiger partial charge in [-0.2, -0.15) is 5.10 Å². The molecule has 1 aromatic heterocycles. The van der Waals surface area contributed by atoms with Gasteiger partial charge in [-0.3, -0.25) is 4.68 Å². The largest absolute Gasteiger partial charge is 0.308 e. The van der Waals surface area contributed by atoms with E-state index in [9.17, 15) is 0 Å². The molecule has 2 rings (SSSR count). The third kappa shape index (κ3) is 3.58. The fraction of sp³-hybridized carbons (Fsp3) is 0.400. The van der Waals surface area contributed by atoms with Gasteiger partial charge < -0.3 is 5.32 Å². The highest BCUT2D eigenvalue weighted by Crippen LogP contribution is 2.19. The molecule has 3 nitrogen and oxygen atoms in total. The van der Waals surface area contributed by atoms with Crippen LogP contribution in [0, 0.1) is 6.92 Å². The van der Waals surface area contributed by atoms with E-state index in [1.54, 1.807) is 6.20 Å². The van der Waals surface area contributed by atoms with Crippen LogP contribution >= 0.6 is 11.6 Å². The lowest BCUT2D eigenvalue weighted by molar-refractivity contribution is 0.433.